The molecular formula is C13H17ClN2O2. The van der Waals surface area contributed by atoms with Gasteiger partial charge >= 0.3 is 0 Å². The van der Waals surface area contributed by atoms with Crippen LogP contribution in [0, 0.1) is 0 Å². The molecule has 1 saturated heterocycles. The Morgan fingerprint density at radius 3 is 2.94 bits per heavy atom. The van der Waals surface area contributed by atoms with Crippen molar-refractivity contribution in [1.29, 1.82) is 0 Å². The summed E-state index contributed by atoms with van der Waals surface area (Å²) in [4.78, 5) is 12.0. The van der Waals surface area contributed by atoms with E-state index in [0.29, 0.717) is 13.2 Å². The van der Waals surface area contributed by atoms with Crippen LogP contribution in [0.4, 0.5) is 0 Å². The molecule has 1 unspecified atom stereocenters. The van der Waals surface area contributed by atoms with Crippen LogP contribution in [0.2, 0.25) is 0 Å². The maximum atomic E-state index is 12.0. The maximum Gasteiger partial charge on any atom is 0.251 e. The summed E-state index contributed by atoms with van der Waals surface area (Å²) in [7, 11) is 0. The smallest absolute Gasteiger partial charge is 0.251 e. The molecule has 4 nitrogen and oxygen atoms in total. The highest BCUT2D eigenvalue weighted by atomic mass is 35.5. The van der Waals surface area contributed by atoms with Crippen molar-refractivity contribution >= 4 is 18.3 Å². The van der Waals surface area contributed by atoms with Gasteiger partial charge in [0.05, 0.1) is 13.2 Å². The van der Waals surface area contributed by atoms with Gasteiger partial charge in [-0.15, -0.1) is 12.4 Å². The van der Waals surface area contributed by atoms with Crippen LogP contribution in [-0.2, 0) is 18.0 Å². The third-order valence-corrected chi connectivity index (χ3v) is 3.38. The van der Waals surface area contributed by atoms with Gasteiger partial charge in [-0.25, -0.2) is 0 Å². The van der Waals surface area contributed by atoms with Gasteiger partial charge in [-0.1, -0.05) is 6.07 Å². The van der Waals surface area contributed by atoms with Gasteiger partial charge in [-0.3, -0.25) is 4.79 Å². The second-order valence-electron chi connectivity index (χ2n) is 4.64. The normalized spacial score (nSPS) is 21.2. The third-order valence-electron chi connectivity index (χ3n) is 3.38. The highest BCUT2D eigenvalue weighted by Crippen LogP contribution is 2.20. The Morgan fingerprint density at radius 1 is 1.33 bits per heavy atom. The van der Waals surface area contributed by atoms with E-state index < -0.39 is 0 Å². The average Bonchev–Trinajstić information content (AvgIpc) is 2.97. The molecule has 18 heavy (non-hydrogen) atoms. The van der Waals surface area contributed by atoms with Gasteiger partial charge in [0.15, 0.2) is 0 Å². The van der Waals surface area contributed by atoms with E-state index in [1.54, 1.807) is 0 Å². The van der Waals surface area contributed by atoms with Crippen molar-refractivity contribution in [3.05, 3.63) is 34.9 Å². The average molecular weight is 269 g/mol. The minimum atomic E-state index is 0. The first-order valence-corrected chi connectivity index (χ1v) is 6.04. The monoisotopic (exact) mass is 268 g/mol. The SMILES string of the molecule is Cl.O=C(NC1CCNC1)c1ccc2c(c1)COC2. The minimum absolute atomic E-state index is 0. The fraction of sp³-hybridized carbons (Fsp3) is 0.462. The Labute approximate surface area is 113 Å². The van der Waals surface area contributed by atoms with E-state index in [-0.39, 0.29) is 24.4 Å². The predicted molar refractivity (Wildman–Crippen MR) is 70.9 cm³/mol. The van der Waals surface area contributed by atoms with E-state index in [2.05, 4.69) is 10.6 Å². The highest BCUT2D eigenvalue weighted by Gasteiger charge is 2.19. The Morgan fingerprint density at radius 2 is 2.17 bits per heavy atom. The standard InChI is InChI=1S/C13H16N2O2.ClH/c16-13(15-12-3-4-14-6-12)9-1-2-10-7-17-8-11(10)5-9;/h1-2,5,12,14H,3-4,6-8H2,(H,15,16);1H. The van der Waals surface area contributed by atoms with Gasteiger partial charge in [-0.05, 0) is 36.2 Å². The number of fused-ring (bicyclic) bond motifs is 1. The fourth-order valence-corrected chi connectivity index (χ4v) is 2.36. The molecule has 2 N–H and O–H groups in total. The number of ether oxygens (including phenoxy) is 1. The van der Waals surface area contributed by atoms with E-state index in [4.69, 9.17) is 4.74 Å². The molecule has 1 amide bonds. The second-order valence-corrected chi connectivity index (χ2v) is 4.64. The van der Waals surface area contributed by atoms with Gasteiger partial charge < -0.3 is 15.4 Å². The number of hydrogen-bond donors (Lipinski definition) is 2. The van der Waals surface area contributed by atoms with Crippen molar-refractivity contribution in [3.63, 3.8) is 0 Å². The van der Waals surface area contributed by atoms with Crippen LogP contribution in [0.25, 0.3) is 0 Å². The lowest BCUT2D eigenvalue weighted by atomic mass is 10.1. The zero-order valence-corrected chi connectivity index (χ0v) is 10.9. The lowest BCUT2D eigenvalue weighted by Crippen LogP contribution is -2.36. The van der Waals surface area contributed by atoms with Gasteiger partial charge in [-0.2, -0.15) is 0 Å². The topological polar surface area (TPSA) is 50.4 Å². The number of carbonyl (C=O) groups is 1. The van der Waals surface area contributed by atoms with Crippen molar-refractivity contribution in [2.24, 2.45) is 0 Å². The molecule has 0 aliphatic carbocycles. The molecule has 2 aliphatic heterocycles. The Kier molecular flexibility index (Phi) is 4.22. The summed E-state index contributed by atoms with van der Waals surface area (Å²) < 4.78 is 5.34. The molecule has 0 saturated carbocycles. The number of halogens is 1. The molecule has 0 spiro atoms. The summed E-state index contributed by atoms with van der Waals surface area (Å²) >= 11 is 0. The fourth-order valence-electron chi connectivity index (χ4n) is 2.36. The predicted octanol–water partition coefficient (Wildman–Crippen LogP) is 1.23. The quantitative estimate of drug-likeness (QED) is 0.848. The molecule has 1 aromatic rings. The summed E-state index contributed by atoms with van der Waals surface area (Å²) in [6.45, 7) is 3.16. The molecule has 0 radical (unpaired) electrons. The lowest BCUT2D eigenvalue weighted by Gasteiger charge is -2.11. The van der Waals surface area contributed by atoms with E-state index >= 15 is 0 Å². The second kappa shape index (κ2) is 5.69. The molecule has 0 bridgehead atoms. The lowest BCUT2D eigenvalue weighted by molar-refractivity contribution is 0.0940. The maximum absolute atomic E-state index is 12.0. The third kappa shape index (κ3) is 2.66. The molecule has 3 rings (SSSR count). The van der Waals surface area contributed by atoms with Gasteiger partial charge in [0.1, 0.15) is 0 Å². The highest BCUT2D eigenvalue weighted by molar-refractivity contribution is 5.94. The van der Waals surface area contributed by atoms with Crippen molar-refractivity contribution in [2.75, 3.05) is 13.1 Å². The number of rotatable bonds is 2. The summed E-state index contributed by atoms with van der Waals surface area (Å²) in [6, 6.07) is 6.09. The van der Waals surface area contributed by atoms with E-state index in [1.165, 1.54) is 5.56 Å². The summed E-state index contributed by atoms with van der Waals surface area (Å²) in [5, 5.41) is 6.28. The van der Waals surface area contributed by atoms with Crippen LogP contribution >= 0.6 is 12.4 Å². The number of benzene rings is 1. The van der Waals surface area contributed by atoms with Crippen LogP contribution in [0.15, 0.2) is 18.2 Å². The van der Waals surface area contributed by atoms with Crippen molar-refractivity contribution in [3.8, 4) is 0 Å². The van der Waals surface area contributed by atoms with Crippen LogP contribution < -0.4 is 10.6 Å². The summed E-state index contributed by atoms with van der Waals surface area (Å²) in [5.41, 5.74) is 3.08. The van der Waals surface area contributed by atoms with Crippen molar-refractivity contribution < 1.29 is 9.53 Å². The molecule has 2 aliphatic rings. The molecule has 1 atom stereocenters. The Bertz CT molecular complexity index is 445. The first kappa shape index (κ1) is 13.3. The Hall–Kier alpha value is -1.10. The molecule has 98 valence electrons. The van der Waals surface area contributed by atoms with Gasteiger partial charge in [0, 0.05) is 18.2 Å². The number of nitrogens with one attached hydrogen (secondary N) is 2. The molecule has 1 fully saturated rings. The van der Waals surface area contributed by atoms with Crippen LogP contribution in [0.3, 0.4) is 0 Å². The van der Waals surface area contributed by atoms with Crippen LogP contribution in [0.1, 0.15) is 27.9 Å². The number of amides is 1. The zero-order chi connectivity index (χ0) is 11.7. The van der Waals surface area contributed by atoms with E-state index in [0.717, 1.165) is 30.6 Å². The van der Waals surface area contributed by atoms with Crippen molar-refractivity contribution in [2.45, 2.75) is 25.7 Å². The van der Waals surface area contributed by atoms with Gasteiger partial charge in [0.2, 0.25) is 0 Å². The summed E-state index contributed by atoms with van der Waals surface area (Å²) in [6.07, 6.45) is 1.01. The van der Waals surface area contributed by atoms with Gasteiger partial charge in [0.25, 0.3) is 5.91 Å². The van der Waals surface area contributed by atoms with Crippen molar-refractivity contribution in [1.82, 2.24) is 10.6 Å². The Balaban J connectivity index is 0.00000120. The van der Waals surface area contributed by atoms with Crippen LogP contribution in [-0.4, -0.2) is 25.0 Å². The molecule has 1 aromatic carbocycles. The van der Waals surface area contributed by atoms with Crippen LogP contribution in [0.5, 0.6) is 0 Å². The first-order chi connectivity index (χ1) is 8.33. The molecule has 0 aromatic heterocycles. The molecular weight excluding hydrogens is 252 g/mol. The van der Waals surface area contributed by atoms with E-state index in [9.17, 15) is 4.79 Å². The van der Waals surface area contributed by atoms with E-state index in [1.807, 2.05) is 18.2 Å². The molecule has 2 heterocycles. The minimum Gasteiger partial charge on any atom is -0.372 e. The number of hydrogen-bond acceptors (Lipinski definition) is 3. The first-order valence-electron chi connectivity index (χ1n) is 6.04. The zero-order valence-electron chi connectivity index (χ0n) is 10.1. The largest absolute Gasteiger partial charge is 0.372 e. The number of carbonyl (C=O) groups excluding carboxylic acids is 1. The summed E-state index contributed by atoms with van der Waals surface area (Å²) in [5.74, 6) is 0.0217. The molecule has 5 heteroatoms.